The fourth-order valence-electron chi connectivity index (χ4n) is 2.08. The van der Waals surface area contributed by atoms with Gasteiger partial charge >= 0.3 is 6.09 Å². The van der Waals surface area contributed by atoms with Crippen molar-refractivity contribution in [3.05, 3.63) is 23.8 Å². The maximum Gasteiger partial charge on any atom is 0.407 e. The minimum Gasteiger partial charge on any atom is -0.465 e. The number of carbonyl (C=O) groups is 1. The summed E-state index contributed by atoms with van der Waals surface area (Å²) < 4.78 is 0. The molecule has 2 rings (SSSR count). The lowest BCUT2D eigenvalue weighted by Crippen LogP contribution is -2.48. The van der Waals surface area contributed by atoms with Crippen molar-refractivity contribution >= 4 is 17.5 Å². The summed E-state index contributed by atoms with van der Waals surface area (Å²) >= 11 is 0. The molecule has 3 N–H and O–H groups in total. The molecular weight excluding hydrogens is 232 g/mol. The number of nitrogens with two attached hydrogens (primary N) is 1. The molecule has 94 valence electrons. The molecule has 1 aliphatic rings. The van der Waals surface area contributed by atoms with Gasteiger partial charge in [-0.1, -0.05) is 6.07 Å². The molecule has 6 heteroatoms. The number of nitrogen functional groups attached to an aromatic ring is 1. The van der Waals surface area contributed by atoms with Crippen LogP contribution in [0.2, 0.25) is 0 Å². The van der Waals surface area contributed by atoms with Crippen molar-refractivity contribution in [1.29, 1.82) is 5.26 Å². The van der Waals surface area contributed by atoms with Gasteiger partial charge in [0, 0.05) is 26.2 Å². The van der Waals surface area contributed by atoms with E-state index in [1.165, 1.54) is 4.90 Å². The smallest absolute Gasteiger partial charge is 0.407 e. The van der Waals surface area contributed by atoms with E-state index in [9.17, 15) is 4.79 Å². The number of rotatable bonds is 1. The number of benzene rings is 1. The highest BCUT2D eigenvalue weighted by atomic mass is 16.4. The third kappa shape index (κ3) is 2.15. The zero-order valence-corrected chi connectivity index (χ0v) is 9.83. The number of nitriles is 1. The van der Waals surface area contributed by atoms with E-state index in [0.29, 0.717) is 37.4 Å². The van der Waals surface area contributed by atoms with Crippen molar-refractivity contribution in [2.24, 2.45) is 0 Å². The topological polar surface area (TPSA) is 93.6 Å². The van der Waals surface area contributed by atoms with Crippen LogP contribution in [0.4, 0.5) is 16.2 Å². The molecule has 1 aromatic carbocycles. The van der Waals surface area contributed by atoms with Gasteiger partial charge < -0.3 is 20.6 Å². The van der Waals surface area contributed by atoms with Crippen molar-refractivity contribution in [2.45, 2.75) is 0 Å². The second-order valence-corrected chi connectivity index (χ2v) is 4.11. The van der Waals surface area contributed by atoms with Crippen LogP contribution in [0.15, 0.2) is 18.2 Å². The molecular formula is C12H14N4O2. The Bertz CT molecular complexity index is 501. The van der Waals surface area contributed by atoms with Crippen molar-refractivity contribution in [3.63, 3.8) is 0 Å². The van der Waals surface area contributed by atoms with Gasteiger partial charge in [-0.3, -0.25) is 0 Å². The van der Waals surface area contributed by atoms with E-state index in [2.05, 4.69) is 6.07 Å². The summed E-state index contributed by atoms with van der Waals surface area (Å²) in [6.07, 6.45) is -0.900. The number of carboxylic acid groups (broad SMARTS) is 1. The molecule has 6 nitrogen and oxygen atoms in total. The maximum atomic E-state index is 10.8. The Morgan fingerprint density at radius 1 is 1.33 bits per heavy atom. The molecule has 18 heavy (non-hydrogen) atoms. The normalized spacial score (nSPS) is 15.3. The lowest BCUT2D eigenvalue weighted by molar-refractivity contribution is 0.142. The summed E-state index contributed by atoms with van der Waals surface area (Å²) in [5, 5.41) is 18.0. The Labute approximate surface area is 105 Å². The highest BCUT2D eigenvalue weighted by molar-refractivity contribution is 5.71. The van der Waals surface area contributed by atoms with Crippen LogP contribution < -0.4 is 10.6 Å². The highest BCUT2D eigenvalue weighted by Gasteiger charge is 2.22. The molecule has 0 aromatic heterocycles. The SMILES string of the molecule is N#Cc1c(N)cccc1N1CCN(C(=O)O)CC1. The molecule has 0 aliphatic carbocycles. The fourth-order valence-corrected chi connectivity index (χ4v) is 2.08. The molecule has 0 bridgehead atoms. The fraction of sp³-hybridized carbons (Fsp3) is 0.333. The van der Waals surface area contributed by atoms with Gasteiger partial charge in [-0.2, -0.15) is 5.26 Å². The number of nitrogens with zero attached hydrogens (tertiary/aromatic N) is 3. The number of hydrogen-bond donors (Lipinski definition) is 2. The summed E-state index contributed by atoms with van der Waals surface area (Å²) in [4.78, 5) is 14.2. The van der Waals surface area contributed by atoms with Gasteiger partial charge in [-0.25, -0.2) is 4.79 Å². The summed E-state index contributed by atoms with van der Waals surface area (Å²) in [5.74, 6) is 0. The molecule has 0 saturated carbocycles. The standard InChI is InChI=1S/C12H14N4O2/c13-8-9-10(14)2-1-3-11(9)15-4-6-16(7-5-15)12(17)18/h1-3H,4-7,14H2,(H,17,18). The lowest BCUT2D eigenvalue weighted by atomic mass is 10.1. The number of amides is 1. The van der Waals surface area contributed by atoms with Crippen molar-refractivity contribution in [1.82, 2.24) is 4.90 Å². The van der Waals surface area contributed by atoms with E-state index in [1.807, 2.05) is 11.0 Å². The Kier molecular flexibility index (Phi) is 3.24. The first-order chi connectivity index (χ1) is 8.63. The van der Waals surface area contributed by atoms with E-state index in [-0.39, 0.29) is 0 Å². The van der Waals surface area contributed by atoms with Gasteiger partial charge in [-0.05, 0) is 12.1 Å². The van der Waals surface area contributed by atoms with E-state index < -0.39 is 6.09 Å². The largest absolute Gasteiger partial charge is 0.465 e. The third-order valence-corrected chi connectivity index (χ3v) is 3.08. The average molecular weight is 246 g/mol. The Balaban J connectivity index is 2.18. The highest BCUT2D eigenvalue weighted by Crippen LogP contribution is 2.25. The summed E-state index contributed by atoms with van der Waals surface area (Å²) in [5.41, 5.74) is 7.45. The molecule has 0 atom stereocenters. The molecule has 0 unspecified atom stereocenters. The number of piperazine rings is 1. The summed E-state index contributed by atoms with van der Waals surface area (Å²) in [6.45, 7) is 2.03. The molecule has 0 spiro atoms. The van der Waals surface area contributed by atoms with E-state index in [0.717, 1.165) is 5.69 Å². The minimum absolute atomic E-state index is 0.439. The molecule has 1 fully saturated rings. The second kappa shape index (κ2) is 4.84. The Morgan fingerprint density at radius 3 is 2.56 bits per heavy atom. The van der Waals surface area contributed by atoms with Crippen LogP contribution in [0, 0.1) is 11.3 Å². The molecule has 1 aliphatic heterocycles. The Hall–Kier alpha value is -2.42. The maximum absolute atomic E-state index is 10.8. The van der Waals surface area contributed by atoms with Crippen LogP contribution in [0.25, 0.3) is 0 Å². The van der Waals surface area contributed by atoms with Crippen LogP contribution in [0.1, 0.15) is 5.56 Å². The van der Waals surface area contributed by atoms with Crippen molar-refractivity contribution in [3.8, 4) is 6.07 Å². The van der Waals surface area contributed by atoms with Crippen LogP contribution in [0.3, 0.4) is 0 Å². The first kappa shape index (κ1) is 12.0. The van der Waals surface area contributed by atoms with Crippen molar-refractivity contribution < 1.29 is 9.90 Å². The first-order valence-corrected chi connectivity index (χ1v) is 5.65. The molecule has 1 amide bonds. The summed E-state index contributed by atoms with van der Waals surface area (Å²) in [6, 6.07) is 7.43. The van der Waals surface area contributed by atoms with Crippen LogP contribution in [-0.4, -0.2) is 42.3 Å². The second-order valence-electron chi connectivity index (χ2n) is 4.11. The van der Waals surface area contributed by atoms with Gasteiger partial charge in [-0.15, -0.1) is 0 Å². The van der Waals surface area contributed by atoms with Gasteiger partial charge in [0.25, 0.3) is 0 Å². The molecule has 1 heterocycles. The van der Waals surface area contributed by atoms with Crippen LogP contribution >= 0.6 is 0 Å². The van der Waals surface area contributed by atoms with E-state index in [1.54, 1.807) is 12.1 Å². The molecule has 0 radical (unpaired) electrons. The first-order valence-electron chi connectivity index (χ1n) is 5.65. The van der Waals surface area contributed by atoms with Gasteiger partial charge in [0.2, 0.25) is 0 Å². The van der Waals surface area contributed by atoms with E-state index in [4.69, 9.17) is 16.1 Å². The van der Waals surface area contributed by atoms with Crippen molar-refractivity contribution in [2.75, 3.05) is 36.8 Å². The minimum atomic E-state index is -0.900. The van der Waals surface area contributed by atoms with Crippen LogP contribution in [-0.2, 0) is 0 Å². The summed E-state index contributed by atoms with van der Waals surface area (Å²) in [7, 11) is 0. The predicted molar refractivity (Wildman–Crippen MR) is 67.4 cm³/mol. The third-order valence-electron chi connectivity index (χ3n) is 3.08. The quantitative estimate of drug-likeness (QED) is 0.719. The number of anilines is 2. The van der Waals surface area contributed by atoms with Gasteiger partial charge in [0.15, 0.2) is 0 Å². The zero-order chi connectivity index (χ0) is 13.1. The predicted octanol–water partition coefficient (Wildman–Crippen LogP) is 0.940. The van der Waals surface area contributed by atoms with Crippen LogP contribution in [0.5, 0.6) is 0 Å². The molecule has 1 aromatic rings. The average Bonchev–Trinajstić information content (AvgIpc) is 2.38. The zero-order valence-electron chi connectivity index (χ0n) is 9.83. The number of hydrogen-bond acceptors (Lipinski definition) is 4. The molecule has 1 saturated heterocycles. The Morgan fingerprint density at radius 2 is 2.00 bits per heavy atom. The lowest BCUT2D eigenvalue weighted by Gasteiger charge is -2.35. The van der Waals surface area contributed by atoms with Gasteiger partial charge in [0.1, 0.15) is 6.07 Å². The monoisotopic (exact) mass is 246 g/mol. The van der Waals surface area contributed by atoms with Gasteiger partial charge in [0.05, 0.1) is 16.9 Å². The van der Waals surface area contributed by atoms with E-state index >= 15 is 0 Å².